The average molecular weight is 345 g/mol. The van der Waals surface area contributed by atoms with Crippen molar-refractivity contribution in [1.82, 2.24) is 0 Å². The normalized spacial score (nSPS) is 47.5. The molecular formula is C4H10Cl4GeOSi2. The summed E-state index contributed by atoms with van der Waals surface area (Å²) < 4.78 is 5.68. The number of halogens is 4. The second-order valence-electron chi connectivity index (χ2n) is 3.52. The topological polar surface area (TPSA) is 9.23 Å². The van der Waals surface area contributed by atoms with Crippen molar-refractivity contribution >= 4 is 68.8 Å². The van der Waals surface area contributed by atoms with Gasteiger partial charge >= 0.3 is 95.8 Å². The molecule has 1 heterocycles. The molecule has 0 aromatic heterocycles. The molecule has 1 aliphatic rings. The Kier molecular flexibility index (Phi) is 3.64. The molecule has 2 atom stereocenters. The van der Waals surface area contributed by atoms with Crippen molar-refractivity contribution in [3.05, 3.63) is 0 Å². The Morgan fingerprint density at radius 3 is 1.67 bits per heavy atom. The van der Waals surface area contributed by atoms with Crippen molar-refractivity contribution in [3.8, 4) is 0 Å². The van der Waals surface area contributed by atoms with E-state index in [0.717, 1.165) is 9.75 Å². The second kappa shape index (κ2) is 3.59. The predicted octanol–water partition coefficient (Wildman–Crippen LogP) is 3.64. The van der Waals surface area contributed by atoms with E-state index >= 15 is 0 Å². The Morgan fingerprint density at radius 2 is 1.42 bits per heavy atom. The molecule has 8 heteroatoms. The van der Waals surface area contributed by atoms with E-state index in [1.54, 1.807) is 0 Å². The fourth-order valence-corrected chi connectivity index (χ4v) is 55.4. The molecule has 2 unspecified atom stereocenters. The van der Waals surface area contributed by atoms with E-state index < -0.39 is 26.7 Å². The zero-order valence-electron chi connectivity index (χ0n) is 6.83. The van der Waals surface area contributed by atoms with Gasteiger partial charge in [-0.05, 0) is 0 Å². The Balaban J connectivity index is 2.81. The van der Waals surface area contributed by atoms with Crippen molar-refractivity contribution in [3.63, 3.8) is 0 Å². The quantitative estimate of drug-likeness (QED) is 0.481. The van der Waals surface area contributed by atoms with Crippen LogP contribution >= 0.6 is 42.2 Å². The second-order valence-corrected chi connectivity index (χ2v) is 30.8. The molecule has 0 radical (unpaired) electrons. The monoisotopic (exact) mass is 344 g/mol. The Bertz CT molecular complexity index is 152. The molecule has 0 aromatic rings. The number of rotatable bonds is 0. The van der Waals surface area contributed by atoms with Gasteiger partial charge in [-0.15, -0.1) is 0 Å². The Hall–Kier alpha value is 2.10. The maximum atomic E-state index is 6.21. The van der Waals surface area contributed by atoms with Gasteiger partial charge in [0.15, 0.2) is 0 Å². The summed E-state index contributed by atoms with van der Waals surface area (Å²) in [6.07, 6.45) is 0. The van der Waals surface area contributed by atoms with Crippen LogP contribution in [-0.4, -0.2) is 26.7 Å². The van der Waals surface area contributed by atoms with Crippen LogP contribution in [0.5, 0.6) is 0 Å². The van der Waals surface area contributed by atoms with E-state index in [4.69, 9.17) is 46.3 Å². The zero-order chi connectivity index (χ0) is 9.62. The van der Waals surface area contributed by atoms with Crippen molar-refractivity contribution < 1.29 is 4.12 Å². The first-order chi connectivity index (χ1) is 5.12. The molecule has 0 N–H and O–H groups in total. The number of hydrogen-bond acceptors (Lipinski definition) is 1. The molecule has 72 valence electrons. The summed E-state index contributed by atoms with van der Waals surface area (Å²) in [6.45, 7) is 3.85. The molecule has 0 saturated carbocycles. The van der Waals surface area contributed by atoms with Gasteiger partial charge in [-0.3, -0.25) is 0 Å². The summed E-state index contributed by atoms with van der Waals surface area (Å²) in [5.41, 5.74) is 0. The van der Waals surface area contributed by atoms with Crippen LogP contribution in [0.4, 0.5) is 0 Å². The van der Waals surface area contributed by atoms with Crippen LogP contribution in [0.3, 0.4) is 0 Å². The minimum absolute atomic E-state index is 0.729. The van der Waals surface area contributed by atoms with Crippen LogP contribution in [0.25, 0.3) is 0 Å². The van der Waals surface area contributed by atoms with Crippen LogP contribution < -0.4 is 0 Å². The van der Waals surface area contributed by atoms with E-state index in [1.807, 2.05) is 13.1 Å². The first kappa shape index (κ1) is 12.2. The molecule has 0 amide bonds. The van der Waals surface area contributed by atoms with Gasteiger partial charge in [0.1, 0.15) is 0 Å². The first-order valence-electron chi connectivity index (χ1n) is 3.58. The third-order valence-electron chi connectivity index (χ3n) is 1.57. The van der Waals surface area contributed by atoms with Crippen molar-refractivity contribution in [2.24, 2.45) is 0 Å². The van der Waals surface area contributed by atoms with Crippen LogP contribution in [0, 0.1) is 0 Å². The van der Waals surface area contributed by atoms with Gasteiger partial charge in [-0.1, -0.05) is 0 Å². The Labute approximate surface area is 95.1 Å². The Morgan fingerprint density at radius 1 is 1.08 bits per heavy atom. The fraction of sp³-hybridized carbons (Fsp3) is 1.00. The van der Waals surface area contributed by atoms with E-state index in [9.17, 15) is 0 Å². The van der Waals surface area contributed by atoms with Crippen molar-refractivity contribution in [2.75, 3.05) is 0 Å². The summed E-state index contributed by atoms with van der Waals surface area (Å²) in [5, 5.41) is 0. The molecule has 1 nitrogen and oxygen atoms in total. The zero-order valence-corrected chi connectivity index (χ0v) is 14.0. The van der Waals surface area contributed by atoms with E-state index in [0.29, 0.717) is 0 Å². The van der Waals surface area contributed by atoms with Gasteiger partial charge in [-0.2, -0.15) is 0 Å². The molecule has 0 aromatic carbocycles. The van der Waals surface area contributed by atoms with Crippen LogP contribution in [0.2, 0.25) is 22.8 Å². The predicted molar refractivity (Wildman–Crippen MR) is 63.1 cm³/mol. The molecule has 12 heavy (non-hydrogen) atoms. The summed E-state index contributed by atoms with van der Waals surface area (Å²) in [4.78, 5) is 1.46. The van der Waals surface area contributed by atoms with Crippen molar-refractivity contribution in [2.45, 2.75) is 22.8 Å². The summed E-state index contributed by atoms with van der Waals surface area (Å²) in [6, 6.07) is 0. The molecule has 1 saturated heterocycles. The van der Waals surface area contributed by atoms with E-state index in [-0.39, 0.29) is 0 Å². The van der Waals surface area contributed by atoms with Crippen LogP contribution in [-0.2, 0) is 4.12 Å². The number of hydrogen-bond donors (Lipinski definition) is 0. The van der Waals surface area contributed by atoms with Crippen LogP contribution in [0.15, 0.2) is 0 Å². The van der Waals surface area contributed by atoms with Gasteiger partial charge in [0.05, 0.1) is 0 Å². The third kappa shape index (κ3) is 3.69. The fourth-order valence-electron chi connectivity index (χ4n) is 1.50. The summed E-state index contributed by atoms with van der Waals surface area (Å²) >= 11 is 9.70. The third-order valence-corrected chi connectivity index (χ3v) is 35.6. The van der Waals surface area contributed by atoms with Gasteiger partial charge in [0.2, 0.25) is 0 Å². The maximum absolute atomic E-state index is 6.21. The molecule has 1 aliphatic heterocycles. The summed E-state index contributed by atoms with van der Waals surface area (Å²) in [5.74, 6) is 0. The van der Waals surface area contributed by atoms with Gasteiger partial charge in [-0.25, -0.2) is 0 Å². The molecular weight excluding hydrogens is 335 g/mol. The van der Waals surface area contributed by atoms with Crippen molar-refractivity contribution in [1.29, 1.82) is 0 Å². The van der Waals surface area contributed by atoms with Gasteiger partial charge in [0.25, 0.3) is 0 Å². The van der Waals surface area contributed by atoms with Gasteiger partial charge in [0, 0.05) is 0 Å². The van der Waals surface area contributed by atoms with E-state index in [1.165, 1.54) is 0 Å². The standard InChI is InChI=1S/C4H10Cl4GeOSi2/c1-11(7)3-9(5,6)4-12(2,8)10-11/h3-4H2,1-2H3. The molecule has 1 fully saturated rings. The first-order valence-corrected chi connectivity index (χ1v) is 19.3. The van der Waals surface area contributed by atoms with Crippen LogP contribution in [0.1, 0.15) is 0 Å². The molecule has 0 bridgehead atoms. The summed E-state index contributed by atoms with van der Waals surface area (Å²) in [7, 11) is 8.15. The van der Waals surface area contributed by atoms with Gasteiger partial charge < -0.3 is 0 Å². The molecule has 1 rings (SSSR count). The molecule has 0 spiro atoms. The SMILES string of the molecule is C[Si]1(Cl)[CH2][Ge]([Cl])([Cl])[CH2][Si](C)(Cl)O1. The molecule has 0 aliphatic carbocycles. The average Bonchev–Trinajstić information content (AvgIpc) is 1.44. The van der Waals surface area contributed by atoms with E-state index in [2.05, 4.69) is 0 Å². The minimum atomic E-state index is -2.68.